The molecule has 0 radical (unpaired) electrons. The van der Waals surface area contributed by atoms with Crippen LogP contribution in [-0.2, 0) is 14.8 Å². The number of hydrogen-bond donors (Lipinski definition) is 1. The molecule has 128 valence electrons. The second kappa shape index (κ2) is 7.44. The van der Waals surface area contributed by atoms with E-state index in [1.807, 2.05) is 26.0 Å². The number of carbonyl (C=O) groups is 1. The van der Waals surface area contributed by atoms with Gasteiger partial charge in [-0.2, -0.15) is 0 Å². The molecule has 6 nitrogen and oxygen atoms in total. The van der Waals surface area contributed by atoms with E-state index in [0.717, 1.165) is 16.1 Å². The quantitative estimate of drug-likeness (QED) is 0.871. The lowest BCUT2D eigenvalue weighted by Crippen LogP contribution is -2.38. The minimum absolute atomic E-state index is 0.131. The Hall–Kier alpha value is -2.41. The van der Waals surface area contributed by atoms with E-state index in [0.29, 0.717) is 11.4 Å². The van der Waals surface area contributed by atoms with Crippen molar-refractivity contribution < 1.29 is 13.2 Å². The molecule has 24 heavy (non-hydrogen) atoms. The van der Waals surface area contributed by atoms with Crippen LogP contribution in [0.15, 0.2) is 48.8 Å². The Morgan fingerprint density at radius 1 is 1.21 bits per heavy atom. The van der Waals surface area contributed by atoms with Crippen LogP contribution < -0.4 is 9.62 Å². The number of aromatic nitrogens is 1. The summed E-state index contributed by atoms with van der Waals surface area (Å²) in [5, 5.41) is 2.66. The number of amides is 1. The van der Waals surface area contributed by atoms with E-state index >= 15 is 0 Å². The van der Waals surface area contributed by atoms with Crippen molar-refractivity contribution in [3.05, 3.63) is 54.4 Å². The topological polar surface area (TPSA) is 79.4 Å². The first-order valence-electron chi connectivity index (χ1n) is 7.55. The van der Waals surface area contributed by atoms with Gasteiger partial charge < -0.3 is 5.32 Å². The highest BCUT2D eigenvalue weighted by Crippen LogP contribution is 2.28. The number of benzene rings is 1. The highest BCUT2D eigenvalue weighted by atomic mass is 32.2. The summed E-state index contributed by atoms with van der Waals surface area (Å²) in [6.45, 7) is 3.67. The monoisotopic (exact) mass is 347 g/mol. The van der Waals surface area contributed by atoms with Crippen molar-refractivity contribution in [1.29, 1.82) is 0 Å². The van der Waals surface area contributed by atoms with Crippen molar-refractivity contribution in [1.82, 2.24) is 4.98 Å². The minimum atomic E-state index is -3.60. The summed E-state index contributed by atoms with van der Waals surface area (Å²) in [6.07, 6.45) is 4.20. The molecule has 0 aliphatic rings. The van der Waals surface area contributed by atoms with E-state index in [4.69, 9.17) is 0 Å². The number of nitrogens with zero attached hydrogens (tertiary/aromatic N) is 2. The molecule has 2 rings (SSSR count). The molecular weight excluding hydrogens is 326 g/mol. The van der Waals surface area contributed by atoms with Crippen LogP contribution >= 0.6 is 0 Å². The summed E-state index contributed by atoms with van der Waals surface area (Å²) in [6, 6.07) is 10.6. The number of rotatable bonds is 6. The Balaban J connectivity index is 2.29. The van der Waals surface area contributed by atoms with E-state index in [9.17, 15) is 13.2 Å². The number of hydrogen-bond acceptors (Lipinski definition) is 4. The predicted octanol–water partition coefficient (Wildman–Crippen LogP) is 2.61. The zero-order valence-electron chi connectivity index (χ0n) is 13.9. The lowest BCUT2D eigenvalue weighted by Gasteiger charge is -2.25. The summed E-state index contributed by atoms with van der Waals surface area (Å²) in [7, 11) is -3.60. The number of carbonyl (C=O) groups excluding carboxylic acids is 1. The van der Waals surface area contributed by atoms with Crippen LogP contribution in [0, 0.1) is 0 Å². The molecule has 2 aromatic rings. The van der Waals surface area contributed by atoms with Crippen molar-refractivity contribution in [2.45, 2.75) is 19.8 Å². The van der Waals surface area contributed by atoms with Gasteiger partial charge in [-0.05, 0) is 29.7 Å². The van der Waals surface area contributed by atoms with Crippen LogP contribution in [0.3, 0.4) is 0 Å². The van der Waals surface area contributed by atoms with Gasteiger partial charge in [0.05, 0.1) is 23.8 Å². The fourth-order valence-electron chi connectivity index (χ4n) is 2.35. The Morgan fingerprint density at radius 3 is 2.50 bits per heavy atom. The van der Waals surface area contributed by atoms with Crippen LogP contribution in [0.1, 0.15) is 25.3 Å². The molecule has 1 aromatic carbocycles. The van der Waals surface area contributed by atoms with Crippen LogP contribution in [0.5, 0.6) is 0 Å². The Kier molecular flexibility index (Phi) is 5.56. The average molecular weight is 347 g/mol. The molecule has 0 aliphatic carbocycles. The zero-order chi connectivity index (χ0) is 17.7. The van der Waals surface area contributed by atoms with Crippen molar-refractivity contribution in [2.24, 2.45) is 0 Å². The number of para-hydroxylation sites is 1. The van der Waals surface area contributed by atoms with E-state index in [2.05, 4.69) is 10.3 Å². The maximum atomic E-state index is 12.3. The summed E-state index contributed by atoms with van der Waals surface area (Å²) in [5.74, 6) is -0.293. The second-order valence-corrected chi connectivity index (χ2v) is 7.68. The molecule has 1 N–H and O–H groups in total. The number of sulfonamides is 1. The van der Waals surface area contributed by atoms with Crippen LogP contribution in [0.4, 0.5) is 11.4 Å². The summed E-state index contributed by atoms with van der Waals surface area (Å²) >= 11 is 0. The van der Waals surface area contributed by atoms with Gasteiger partial charge in [-0.3, -0.25) is 14.1 Å². The number of nitrogens with one attached hydrogen (secondary N) is 1. The maximum absolute atomic E-state index is 12.3. The molecule has 0 fully saturated rings. The van der Waals surface area contributed by atoms with Gasteiger partial charge in [0.1, 0.15) is 6.54 Å². The summed E-state index contributed by atoms with van der Waals surface area (Å²) in [5.41, 5.74) is 1.92. The highest BCUT2D eigenvalue weighted by Gasteiger charge is 2.23. The molecule has 0 unspecified atom stereocenters. The Bertz CT molecular complexity index is 805. The third kappa shape index (κ3) is 4.55. The fourth-order valence-corrected chi connectivity index (χ4v) is 3.23. The van der Waals surface area contributed by atoms with Gasteiger partial charge in [-0.25, -0.2) is 8.42 Å². The van der Waals surface area contributed by atoms with Crippen LogP contribution in [-0.4, -0.2) is 32.1 Å². The van der Waals surface area contributed by atoms with Gasteiger partial charge in [0, 0.05) is 6.20 Å². The molecule has 0 saturated heterocycles. The first-order valence-corrected chi connectivity index (χ1v) is 9.40. The molecule has 1 aromatic heterocycles. The van der Waals surface area contributed by atoms with Crippen molar-refractivity contribution in [3.63, 3.8) is 0 Å². The van der Waals surface area contributed by atoms with E-state index in [1.54, 1.807) is 30.5 Å². The Labute approximate surface area is 142 Å². The summed E-state index contributed by atoms with van der Waals surface area (Å²) in [4.78, 5) is 16.2. The predicted molar refractivity (Wildman–Crippen MR) is 95.6 cm³/mol. The normalized spacial score (nSPS) is 11.3. The third-order valence-corrected chi connectivity index (χ3v) is 4.59. The maximum Gasteiger partial charge on any atom is 0.245 e. The van der Waals surface area contributed by atoms with Crippen LogP contribution in [0.2, 0.25) is 0 Å². The lowest BCUT2D eigenvalue weighted by molar-refractivity contribution is -0.114. The van der Waals surface area contributed by atoms with E-state index < -0.39 is 15.9 Å². The van der Waals surface area contributed by atoms with Crippen molar-refractivity contribution in [3.8, 4) is 0 Å². The number of pyridine rings is 1. The average Bonchev–Trinajstić information content (AvgIpc) is 2.52. The highest BCUT2D eigenvalue weighted by molar-refractivity contribution is 7.92. The zero-order valence-corrected chi connectivity index (χ0v) is 14.7. The molecule has 1 amide bonds. The van der Waals surface area contributed by atoms with Crippen molar-refractivity contribution in [2.75, 3.05) is 22.4 Å². The van der Waals surface area contributed by atoms with Gasteiger partial charge in [0.15, 0.2) is 0 Å². The molecule has 0 atom stereocenters. The fraction of sp³-hybridized carbons (Fsp3) is 0.294. The molecule has 0 aliphatic heterocycles. The van der Waals surface area contributed by atoms with Gasteiger partial charge in [0.2, 0.25) is 15.9 Å². The van der Waals surface area contributed by atoms with Gasteiger partial charge in [0.25, 0.3) is 0 Å². The lowest BCUT2D eigenvalue weighted by atomic mass is 10.0. The van der Waals surface area contributed by atoms with Gasteiger partial charge >= 0.3 is 0 Å². The SMILES string of the molecule is CC(C)c1ccccc1N(CC(=O)Nc1cccnc1)S(C)(=O)=O. The second-order valence-electron chi connectivity index (χ2n) is 5.77. The molecule has 0 bridgehead atoms. The first-order chi connectivity index (χ1) is 11.3. The molecule has 0 saturated carbocycles. The molecule has 7 heteroatoms. The molecular formula is C17H21N3O3S. The van der Waals surface area contributed by atoms with Crippen molar-refractivity contribution >= 4 is 27.3 Å². The van der Waals surface area contributed by atoms with E-state index in [-0.39, 0.29) is 12.5 Å². The standard InChI is InChI=1S/C17H21N3O3S/c1-13(2)15-8-4-5-9-16(15)20(24(3,22)23)12-17(21)19-14-7-6-10-18-11-14/h4-11,13H,12H2,1-3H3,(H,19,21). The summed E-state index contributed by atoms with van der Waals surface area (Å²) < 4.78 is 25.6. The number of anilines is 2. The van der Waals surface area contributed by atoms with Gasteiger partial charge in [-0.15, -0.1) is 0 Å². The minimum Gasteiger partial charge on any atom is -0.323 e. The largest absolute Gasteiger partial charge is 0.323 e. The Morgan fingerprint density at radius 2 is 1.92 bits per heavy atom. The van der Waals surface area contributed by atoms with E-state index in [1.165, 1.54) is 6.20 Å². The van der Waals surface area contributed by atoms with Gasteiger partial charge in [-0.1, -0.05) is 32.0 Å². The first kappa shape index (κ1) is 17.9. The molecule has 0 spiro atoms. The molecule has 1 heterocycles. The van der Waals surface area contributed by atoms with Crippen LogP contribution in [0.25, 0.3) is 0 Å². The third-order valence-electron chi connectivity index (χ3n) is 3.46. The smallest absolute Gasteiger partial charge is 0.245 e.